The zero-order chi connectivity index (χ0) is 59.5. The van der Waals surface area contributed by atoms with Gasteiger partial charge < -0.3 is 14.5 Å². The summed E-state index contributed by atoms with van der Waals surface area (Å²) < 4.78 is 373. The summed E-state index contributed by atoms with van der Waals surface area (Å²) in [6, 6.07) is 13.4. The molecule has 8 aromatic carbocycles. The van der Waals surface area contributed by atoms with Gasteiger partial charge in [-0.25, -0.2) is 87.8 Å². The molecule has 0 bridgehead atoms. The van der Waals surface area contributed by atoms with E-state index in [-0.39, 0.29) is 46.5 Å². The maximum absolute atomic E-state index is 15.7. The van der Waals surface area contributed by atoms with Crippen molar-refractivity contribution >= 4 is 78.5 Å². The van der Waals surface area contributed by atoms with Crippen LogP contribution in [0, 0.1) is 148 Å². The van der Waals surface area contributed by atoms with Gasteiger partial charge in [-0.1, -0.05) is 60.7 Å². The molecule has 33 heteroatoms. The maximum Gasteiger partial charge on any atom is 1.00 e. The molecule has 0 heterocycles. The zero-order valence-electron chi connectivity index (χ0n) is 38.7. The first-order chi connectivity index (χ1) is 37.1. The maximum atomic E-state index is 15.7. The van der Waals surface area contributed by atoms with Crippen LogP contribution in [0.5, 0.6) is 11.5 Å². The second kappa shape index (κ2) is 24.5. The number of halogens is 26. The molecule has 0 atom stereocenters. The number of rotatable bonds is 9. The molecule has 0 amide bonds. The van der Waals surface area contributed by atoms with Crippen LogP contribution in [0.3, 0.4) is 0 Å². The van der Waals surface area contributed by atoms with E-state index < -0.39 is 196 Å². The van der Waals surface area contributed by atoms with Gasteiger partial charge >= 0.3 is 55.8 Å². The van der Waals surface area contributed by atoms with E-state index in [1.807, 2.05) is 32.1 Å². The largest absolute Gasteiger partial charge is 1.00 e. The van der Waals surface area contributed by atoms with Crippen LogP contribution < -0.4 is 30.3 Å². The summed E-state index contributed by atoms with van der Waals surface area (Å²) in [6.45, 7) is 0. The minimum atomic E-state index is -11.2. The Kier molecular flexibility index (Phi) is 20.1. The zero-order valence-corrected chi connectivity index (χ0v) is 44.7. The van der Waals surface area contributed by atoms with Crippen molar-refractivity contribution < 1.29 is 139 Å². The van der Waals surface area contributed by atoms with Crippen molar-refractivity contribution in [2.24, 2.45) is 0 Å². The molecule has 2 N–H and O–H groups in total. The Balaban J connectivity index is 0.000000789. The van der Waals surface area contributed by atoms with E-state index in [0.29, 0.717) is 12.1 Å². The molecule has 0 aromatic heterocycles. The van der Waals surface area contributed by atoms with Crippen molar-refractivity contribution in [3.05, 3.63) is 221 Å². The van der Waals surface area contributed by atoms with Gasteiger partial charge in [-0.3, -0.25) is 0 Å². The first kappa shape index (κ1) is 67.1. The molecule has 9 rings (SSSR count). The number of fused-ring (bicyclic) bond motifs is 2. The summed E-state index contributed by atoms with van der Waals surface area (Å²) >= 11 is -11.2. The molecule has 1 saturated carbocycles. The predicted molar refractivity (Wildman–Crippen MR) is 243 cm³/mol. The summed E-state index contributed by atoms with van der Waals surface area (Å²) in [6.07, 6.45) is 10.0. The van der Waals surface area contributed by atoms with E-state index in [1.54, 1.807) is 0 Å². The molecule has 3 nitrogen and oxygen atoms in total. The topological polar surface area (TPSA) is 50.0 Å². The standard InChI is InChI=1S/C44H12F20O2P2.C5H5.6FH.H2O.Ru.Sb/c45-21-25(49)33(57)41(34(58)26(21)50)67(42-35(59)27(51)22(46)28(52)36(42)60)65-17-11-9-13-5-1-3-7-15(13)19(17)20-16-8-4-2-6-14(16)10-12-18(20)66-68(43-37(61)29(53)23(47)30(54)38(43)62)44-39(63)31(55)24(48)32(56)40(44)64;1-2-4-5-3-1;;;;;;;;;/h1-12H;1-5H;6*1H;1H2;;/q;;;;;;;;;+1;+5/p-6. The number of hydrogen-bond donors (Lipinski definition) is 0. The average molecular weight is 1430 g/mol. The third-order valence-corrected chi connectivity index (χ3v) is 14.5. The SMILES string of the molecule is Fc1c(F)c(F)c(P(Oc2ccc3ccccc3c2-c2c(OP(c3c(F)c(F)c(F)c(F)c3F)c3c(F)c(F)c(F)c(F)c3F)ccc3ccccc23)c2c(F)c(F)c(F)c(F)c2F)c(F)c1F.O.[CH]1[CH][CH][CH][CH]1.[F][Sb-]([F])([F])([F])([F])[F].[Ru+]. The van der Waals surface area contributed by atoms with E-state index in [4.69, 9.17) is 9.05 Å². The van der Waals surface area contributed by atoms with Gasteiger partial charge in [0.15, 0.2) is 109 Å². The Morgan fingerprint density at radius 3 is 0.659 bits per heavy atom. The molecule has 1 aliphatic carbocycles. The fourth-order valence-electron chi connectivity index (χ4n) is 7.18. The molecule has 0 unspecified atom stereocenters. The van der Waals surface area contributed by atoms with E-state index in [0.717, 1.165) is 24.3 Å². The summed E-state index contributed by atoms with van der Waals surface area (Å²) in [4.78, 5) is 0. The molecule has 0 saturated heterocycles. The summed E-state index contributed by atoms with van der Waals surface area (Å²) in [5.74, 6) is -59.4. The fraction of sp³-hybridized carbons (Fsp3) is 0. The second-order valence-corrected chi connectivity index (χ2v) is 24.5. The number of benzene rings is 8. The molecule has 0 spiro atoms. The van der Waals surface area contributed by atoms with Crippen LogP contribution >= 0.6 is 16.3 Å². The van der Waals surface area contributed by atoms with Crippen molar-refractivity contribution in [3.63, 3.8) is 0 Å². The smallest absolute Gasteiger partial charge is 1.00 e. The first-order valence-electron chi connectivity index (χ1n) is 20.9. The van der Waals surface area contributed by atoms with Crippen molar-refractivity contribution in [3.8, 4) is 22.6 Å². The van der Waals surface area contributed by atoms with Crippen molar-refractivity contribution in [2.75, 3.05) is 0 Å². The van der Waals surface area contributed by atoms with Gasteiger partial charge in [0.1, 0.15) is 11.5 Å². The van der Waals surface area contributed by atoms with Crippen LogP contribution in [0.2, 0.25) is 0 Å². The molecular formula is C49H19F26O3P2RuSb. The van der Waals surface area contributed by atoms with E-state index in [9.17, 15) is 69.6 Å². The predicted octanol–water partition coefficient (Wildman–Crippen LogP) is 15.6. The van der Waals surface area contributed by atoms with E-state index >= 15 is 35.1 Å². The van der Waals surface area contributed by atoms with E-state index in [2.05, 4.69) is 0 Å². The quantitative estimate of drug-likeness (QED) is 0.0475. The molecule has 438 valence electrons. The third-order valence-electron chi connectivity index (χ3n) is 10.5. The molecular weight excluding hydrogens is 1420 g/mol. The first-order valence-corrected chi connectivity index (χ1v) is 29.2. The van der Waals surface area contributed by atoms with Crippen LogP contribution in [0.4, 0.5) is 105 Å². The second-order valence-electron chi connectivity index (χ2n) is 15.7. The fourth-order valence-corrected chi connectivity index (χ4v) is 10.9. The summed E-state index contributed by atoms with van der Waals surface area (Å²) in [5.41, 5.74) is -1.47. The van der Waals surface area contributed by atoms with Crippen LogP contribution in [0.15, 0.2) is 72.8 Å². The van der Waals surface area contributed by atoms with Gasteiger partial charge in [0.2, 0.25) is 23.3 Å². The van der Waals surface area contributed by atoms with Gasteiger partial charge in [0.05, 0.1) is 21.2 Å². The third kappa shape index (κ3) is 13.6. The summed E-state index contributed by atoms with van der Waals surface area (Å²) in [5, 5.41) is -9.80. The van der Waals surface area contributed by atoms with Gasteiger partial charge in [-0.05, 0) is 65.8 Å². The Labute approximate surface area is 459 Å². The molecule has 6 radical (unpaired) electrons. The Morgan fingerprint density at radius 2 is 0.451 bits per heavy atom. The Bertz CT molecular complexity index is 3320. The van der Waals surface area contributed by atoms with Crippen molar-refractivity contribution in [1.29, 1.82) is 0 Å². The van der Waals surface area contributed by atoms with Crippen LogP contribution in [0.1, 0.15) is 0 Å². The van der Waals surface area contributed by atoms with Crippen molar-refractivity contribution in [1.82, 2.24) is 0 Å². The molecule has 1 fully saturated rings. The van der Waals surface area contributed by atoms with Gasteiger partial charge in [-0.15, -0.1) is 0 Å². The van der Waals surface area contributed by atoms with Gasteiger partial charge in [0, 0.05) is 11.1 Å². The Hall–Kier alpha value is -5.68. The van der Waals surface area contributed by atoms with Crippen molar-refractivity contribution in [2.45, 2.75) is 0 Å². The van der Waals surface area contributed by atoms with Crippen LogP contribution in [-0.4, -0.2) is 25.0 Å². The number of hydrogen-bond acceptors (Lipinski definition) is 2. The normalized spacial score (nSPS) is 13.2. The molecule has 82 heavy (non-hydrogen) atoms. The average Bonchev–Trinajstić information content (AvgIpc) is 4.04. The van der Waals surface area contributed by atoms with Crippen LogP contribution in [0.25, 0.3) is 32.7 Å². The summed E-state index contributed by atoms with van der Waals surface area (Å²) in [7, 11) is -9.22. The van der Waals surface area contributed by atoms with Gasteiger partial charge in [0.25, 0.3) is 0 Å². The Morgan fingerprint density at radius 1 is 0.268 bits per heavy atom. The van der Waals surface area contributed by atoms with Crippen LogP contribution in [-0.2, 0) is 19.5 Å². The van der Waals surface area contributed by atoms with Gasteiger partial charge in [-0.2, -0.15) is 0 Å². The minimum absolute atomic E-state index is 0. The molecule has 0 aliphatic heterocycles. The molecule has 1 aliphatic rings. The monoisotopic (exact) mass is 1430 g/mol. The molecule has 8 aromatic rings. The minimum Gasteiger partial charge on any atom is 1.00 e. The van der Waals surface area contributed by atoms with E-state index in [1.165, 1.54) is 36.4 Å².